The number of hydrogen-bond acceptors (Lipinski definition) is 5. The van der Waals surface area contributed by atoms with Gasteiger partial charge in [-0.1, -0.05) is 400 Å². The van der Waals surface area contributed by atoms with Crippen LogP contribution in [-0.4, -0.2) is 73.4 Å². The number of amides is 1. The molecule has 0 saturated carbocycles. The molecule has 0 saturated heterocycles. The van der Waals surface area contributed by atoms with Gasteiger partial charge >= 0.3 is 7.82 Å². The molecule has 0 aromatic rings. The van der Waals surface area contributed by atoms with Gasteiger partial charge in [0.2, 0.25) is 5.91 Å². The molecule has 1 amide bonds. The summed E-state index contributed by atoms with van der Waals surface area (Å²) >= 11 is 0. The predicted molar refractivity (Wildman–Crippen MR) is 415 cm³/mol. The molecule has 0 spiro atoms. The van der Waals surface area contributed by atoms with Crippen molar-refractivity contribution in [2.75, 3.05) is 40.9 Å². The van der Waals surface area contributed by atoms with Crippen LogP contribution in [0.1, 0.15) is 386 Å². The zero-order chi connectivity index (χ0) is 68.3. The van der Waals surface area contributed by atoms with Gasteiger partial charge in [-0.05, 0) is 77.0 Å². The summed E-state index contributed by atoms with van der Waals surface area (Å²) in [6.07, 6.45) is 108. The molecule has 0 heterocycles. The number of aliphatic hydroxyl groups is 1. The second kappa shape index (κ2) is 74.6. The molecule has 0 rings (SSSR count). The highest BCUT2D eigenvalue weighted by Gasteiger charge is 2.28. The second-order valence-electron chi connectivity index (χ2n) is 28.8. The van der Waals surface area contributed by atoms with Gasteiger partial charge in [0.25, 0.3) is 0 Å². The highest BCUT2D eigenvalue weighted by atomic mass is 31.2. The van der Waals surface area contributed by atoms with Crippen molar-refractivity contribution in [3.05, 3.63) is 97.2 Å². The molecule has 3 unspecified atom stereocenters. The van der Waals surface area contributed by atoms with Gasteiger partial charge in [0.1, 0.15) is 13.2 Å². The molecule has 0 aliphatic heterocycles. The van der Waals surface area contributed by atoms with Crippen LogP contribution >= 0.6 is 7.82 Å². The Bertz CT molecular complexity index is 1860. The molecule has 0 aliphatic rings. The van der Waals surface area contributed by atoms with Crippen LogP contribution in [0.4, 0.5) is 0 Å². The number of phosphoric ester groups is 1. The van der Waals surface area contributed by atoms with Crippen LogP contribution < -0.4 is 5.32 Å². The van der Waals surface area contributed by atoms with Gasteiger partial charge in [-0.3, -0.25) is 13.8 Å². The lowest BCUT2D eigenvalue weighted by molar-refractivity contribution is -0.870. The van der Waals surface area contributed by atoms with E-state index in [1.807, 2.05) is 21.1 Å². The van der Waals surface area contributed by atoms with Gasteiger partial charge in [0.15, 0.2) is 0 Å². The first-order valence-corrected chi connectivity index (χ1v) is 42.1. The number of aliphatic hydroxyl groups excluding tert-OH is 1. The van der Waals surface area contributed by atoms with Gasteiger partial charge in [-0.2, -0.15) is 0 Å². The molecule has 3 atom stereocenters. The quantitative estimate of drug-likeness (QED) is 0.0243. The number of carbonyl (C=O) groups excluding carboxylic acids is 1. The molecule has 8 nitrogen and oxygen atoms in total. The number of nitrogens with zero attached hydrogens (tertiary/aromatic N) is 1. The Morgan fingerprint density at radius 2 is 0.638 bits per heavy atom. The van der Waals surface area contributed by atoms with Crippen molar-refractivity contribution in [2.45, 2.75) is 398 Å². The molecule has 0 bridgehead atoms. The zero-order valence-electron chi connectivity index (χ0n) is 62.9. The number of nitrogens with one attached hydrogen (secondary N) is 1. The summed E-state index contributed by atoms with van der Waals surface area (Å²) in [5.74, 6) is -0.140. The Labute approximate surface area is 585 Å². The number of carbonyl (C=O) groups is 1. The minimum atomic E-state index is -4.34. The summed E-state index contributed by atoms with van der Waals surface area (Å²) in [5.41, 5.74) is 0. The highest BCUT2D eigenvalue weighted by Crippen LogP contribution is 2.43. The van der Waals surface area contributed by atoms with E-state index in [2.05, 4.69) is 116 Å². The van der Waals surface area contributed by atoms with Crippen LogP contribution in [0.3, 0.4) is 0 Å². The topological polar surface area (TPSA) is 105 Å². The lowest BCUT2D eigenvalue weighted by atomic mass is 10.0. The summed E-state index contributed by atoms with van der Waals surface area (Å²) in [6, 6.07) is -0.767. The SMILES string of the molecule is CC/C=C\C/C=C\C/C=C\C/C=C\C/C=C\C/C=C\C/C=C\C/C=C\CCCCCCCCCCCCCCCCCCC(=O)NC(COP(=O)(O)OCC[N+](C)(C)C)C(O)CCCCCCCCCCCCCCCCCCCCCCCCCCCCCCCCC. The summed E-state index contributed by atoms with van der Waals surface area (Å²) in [5, 5.41) is 14.2. The maximum atomic E-state index is 13.1. The van der Waals surface area contributed by atoms with Crippen LogP contribution in [0.2, 0.25) is 0 Å². The maximum absolute atomic E-state index is 13.1. The van der Waals surface area contributed by atoms with E-state index in [0.29, 0.717) is 23.9 Å². The maximum Gasteiger partial charge on any atom is 0.472 e. The number of phosphoric acid groups is 1. The fraction of sp³-hybridized carbons (Fsp3) is 0.800. The van der Waals surface area contributed by atoms with Gasteiger partial charge in [-0.25, -0.2) is 4.57 Å². The Morgan fingerprint density at radius 3 is 0.936 bits per heavy atom. The van der Waals surface area contributed by atoms with Crippen molar-refractivity contribution < 1.29 is 32.9 Å². The first-order chi connectivity index (χ1) is 46.0. The smallest absolute Gasteiger partial charge is 0.391 e. The van der Waals surface area contributed by atoms with E-state index in [-0.39, 0.29) is 19.1 Å². The van der Waals surface area contributed by atoms with Crippen LogP contribution in [0, 0.1) is 0 Å². The van der Waals surface area contributed by atoms with E-state index in [9.17, 15) is 19.4 Å². The van der Waals surface area contributed by atoms with E-state index in [1.54, 1.807) is 0 Å². The molecule has 0 aromatic carbocycles. The number of allylic oxidation sites excluding steroid dienone is 16. The Hall–Kier alpha value is -2.58. The largest absolute Gasteiger partial charge is 0.472 e. The van der Waals surface area contributed by atoms with Crippen molar-refractivity contribution in [1.29, 1.82) is 0 Å². The van der Waals surface area contributed by atoms with Gasteiger partial charge in [0.05, 0.1) is 39.9 Å². The Balaban J connectivity index is 3.96. The van der Waals surface area contributed by atoms with Crippen molar-refractivity contribution in [3.8, 4) is 0 Å². The number of rotatable bonds is 75. The molecule has 0 radical (unpaired) electrons. The third-order valence-corrected chi connectivity index (χ3v) is 19.3. The van der Waals surface area contributed by atoms with E-state index >= 15 is 0 Å². The summed E-state index contributed by atoms with van der Waals surface area (Å²) in [6.45, 7) is 4.82. The number of quaternary nitrogens is 1. The molecule has 0 fully saturated rings. The minimum absolute atomic E-state index is 0.0736. The monoisotopic (exact) mass is 1330 g/mol. The average Bonchev–Trinajstić information content (AvgIpc) is 1.77. The fourth-order valence-corrected chi connectivity index (χ4v) is 12.9. The van der Waals surface area contributed by atoms with E-state index in [1.165, 1.54) is 270 Å². The van der Waals surface area contributed by atoms with Crippen molar-refractivity contribution in [3.63, 3.8) is 0 Å². The van der Waals surface area contributed by atoms with E-state index < -0.39 is 20.0 Å². The first-order valence-electron chi connectivity index (χ1n) is 40.6. The molecular formula is C85H158N2O6P+. The third-order valence-electron chi connectivity index (χ3n) is 18.3. The first kappa shape index (κ1) is 91.4. The second-order valence-corrected chi connectivity index (χ2v) is 30.2. The van der Waals surface area contributed by atoms with E-state index in [0.717, 1.165) is 89.9 Å². The Morgan fingerprint density at radius 1 is 0.372 bits per heavy atom. The lowest BCUT2D eigenvalue weighted by Crippen LogP contribution is -2.46. The molecule has 0 aromatic heterocycles. The van der Waals surface area contributed by atoms with Crippen LogP contribution in [0.25, 0.3) is 0 Å². The van der Waals surface area contributed by atoms with E-state index in [4.69, 9.17) is 9.05 Å². The van der Waals surface area contributed by atoms with Crippen LogP contribution in [0.5, 0.6) is 0 Å². The van der Waals surface area contributed by atoms with Gasteiger partial charge < -0.3 is 19.8 Å². The average molecular weight is 1340 g/mol. The third kappa shape index (κ3) is 76.8. The Kier molecular flexibility index (Phi) is 72.6. The molecule has 94 heavy (non-hydrogen) atoms. The fourth-order valence-electron chi connectivity index (χ4n) is 12.1. The number of likely N-dealkylation sites (N-methyl/N-ethyl adjacent to an activating group) is 1. The minimum Gasteiger partial charge on any atom is -0.391 e. The van der Waals surface area contributed by atoms with Crippen LogP contribution in [-0.2, 0) is 18.4 Å². The molecule has 9 heteroatoms. The molecule has 3 N–H and O–H groups in total. The summed E-state index contributed by atoms with van der Waals surface area (Å²) in [4.78, 5) is 23.5. The molecule has 548 valence electrons. The van der Waals surface area contributed by atoms with Crippen molar-refractivity contribution in [1.82, 2.24) is 5.32 Å². The van der Waals surface area contributed by atoms with Gasteiger partial charge in [0, 0.05) is 6.42 Å². The highest BCUT2D eigenvalue weighted by molar-refractivity contribution is 7.47. The lowest BCUT2D eigenvalue weighted by Gasteiger charge is -2.26. The predicted octanol–water partition coefficient (Wildman–Crippen LogP) is 26.8. The number of hydrogen-bond donors (Lipinski definition) is 3. The number of unbranched alkanes of at least 4 members (excludes halogenated alkanes) is 46. The standard InChI is InChI=1S/C85H157N2O6P/c1-6-8-10-12-14-16-18-20-22-24-26-28-30-32-34-36-38-39-40-41-42-43-44-45-46-47-49-51-53-55-57-59-61-63-65-67-69-71-73-75-77-79-85(89)86-83(82-93-94(90,91)92-81-80-87(3,4)5)84(88)78-76-74-72-70-68-66-64-62-60-58-56-54-52-50-48-37-35-33-31-29-27-25-23-21-19-17-15-13-11-9-7-2/h8,10,14,16,20,22,26,28,32,34,38-39,41-42,44-45,83-84,88H,6-7,9,11-13,15,17-19,21,23-25,27,29-31,33,35-37,40,43,46-82H2,1-5H3,(H-,86,89,90,91)/p+1/b10-8-,16-14-,22-20-,28-26-,34-32-,39-38-,42-41-,45-44-. The molecular weight excluding hydrogens is 1180 g/mol. The summed E-state index contributed by atoms with van der Waals surface area (Å²) < 4.78 is 24.0. The van der Waals surface area contributed by atoms with Crippen molar-refractivity contribution in [2.24, 2.45) is 0 Å². The molecule has 0 aliphatic carbocycles. The zero-order valence-corrected chi connectivity index (χ0v) is 63.8. The summed E-state index contributed by atoms with van der Waals surface area (Å²) in [7, 11) is 1.63. The van der Waals surface area contributed by atoms with Crippen LogP contribution in [0.15, 0.2) is 97.2 Å². The normalized spacial score (nSPS) is 14.0. The van der Waals surface area contributed by atoms with Crippen molar-refractivity contribution >= 4 is 13.7 Å². The van der Waals surface area contributed by atoms with Gasteiger partial charge in [-0.15, -0.1) is 0 Å².